The highest BCUT2D eigenvalue weighted by atomic mass is 16.5. The van der Waals surface area contributed by atoms with E-state index in [1.807, 2.05) is 18.2 Å². The average Bonchev–Trinajstić information content (AvgIpc) is 3.21. The first-order valence-corrected chi connectivity index (χ1v) is 9.55. The van der Waals surface area contributed by atoms with Gasteiger partial charge in [-0.2, -0.15) is 0 Å². The van der Waals surface area contributed by atoms with Crippen LogP contribution in [0.1, 0.15) is 4.79 Å². The topological polar surface area (TPSA) is 103 Å². The highest BCUT2D eigenvalue weighted by Crippen LogP contribution is 2.14. The number of ether oxygens (including phenoxy) is 1. The van der Waals surface area contributed by atoms with Gasteiger partial charge in [-0.25, -0.2) is 9.78 Å². The summed E-state index contributed by atoms with van der Waals surface area (Å²) in [6.45, 7) is 3.10. The predicted molar refractivity (Wildman–Crippen MR) is 107 cm³/mol. The Morgan fingerprint density at radius 3 is 2.66 bits per heavy atom. The molecule has 2 aromatic rings. The molecule has 1 aliphatic carbocycles. The Kier molecular flexibility index (Phi) is 5.31. The number of nitrogens with zero attached hydrogens (tertiary/aromatic N) is 5. The van der Waals surface area contributed by atoms with Gasteiger partial charge in [0.05, 0.1) is 19.8 Å². The number of allylic oxidation sites excluding steroid dienone is 2. The van der Waals surface area contributed by atoms with Crippen LogP contribution in [0.4, 0.5) is 0 Å². The number of hydrogen-bond donors (Lipinski definition) is 1. The molecular weight excluding hydrogens is 376 g/mol. The van der Waals surface area contributed by atoms with Crippen molar-refractivity contribution in [1.29, 1.82) is 0 Å². The third-order valence-corrected chi connectivity index (χ3v) is 5.48. The lowest BCUT2D eigenvalue weighted by Gasteiger charge is -2.37. The van der Waals surface area contributed by atoms with E-state index in [1.54, 1.807) is 0 Å². The van der Waals surface area contributed by atoms with Crippen LogP contribution in [0.5, 0.6) is 0 Å². The fraction of sp³-hybridized carbons (Fsp3) is 0.474. The number of rotatable bonds is 4. The standard InChI is InChI=1S/C19H24N6O4/c1-22-17-16(18(27)23(2)19(22)28)25(12-21-17)15(26)11-20-13-5-3-4-6-14(13)24-7-9-29-10-8-24/h3-6,12-14,20H,7-11H2,1-2H3. The van der Waals surface area contributed by atoms with Crippen molar-refractivity contribution in [1.82, 2.24) is 28.9 Å². The quantitative estimate of drug-likeness (QED) is 0.692. The van der Waals surface area contributed by atoms with Gasteiger partial charge in [0.2, 0.25) is 5.91 Å². The Hall–Kier alpha value is -2.82. The van der Waals surface area contributed by atoms with Gasteiger partial charge in [0, 0.05) is 39.3 Å². The maximum atomic E-state index is 12.9. The Morgan fingerprint density at radius 2 is 1.90 bits per heavy atom. The molecule has 2 aromatic heterocycles. The van der Waals surface area contributed by atoms with Gasteiger partial charge in [-0.1, -0.05) is 24.3 Å². The van der Waals surface area contributed by atoms with E-state index in [-0.39, 0.29) is 35.7 Å². The fourth-order valence-corrected chi connectivity index (χ4v) is 3.83. The van der Waals surface area contributed by atoms with Crippen LogP contribution in [0, 0.1) is 0 Å². The number of morpholine rings is 1. The first kappa shape index (κ1) is 19.5. The van der Waals surface area contributed by atoms with E-state index >= 15 is 0 Å². The summed E-state index contributed by atoms with van der Waals surface area (Å²) in [5.41, 5.74) is -0.727. The molecular formula is C19H24N6O4. The molecule has 1 aliphatic heterocycles. The lowest BCUT2D eigenvalue weighted by Crippen LogP contribution is -2.53. The molecule has 1 fully saturated rings. The van der Waals surface area contributed by atoms with E-state index in [0.717, 1.165) is 17.7 Å². The molecule has 0 bridgehead atoms. The van der Waals surface area contributed by atoms with Gasteiger partial charge in [-0.15, -0.1) is 0 Å². The van der Waals surface area contributed by atoms with Gasteiger partial charge in [-0.3, -0.25) is 28.2 Å². The molecule has 29 heavy (non-hydrogen) atoms. The van der Waals surface area contributed by atoms with E-state index in [4.69, 9.17) is 4.74 Å². The van der Waals surface area contributed by atoms with Gasteiger partial charge >= 0.3 is 5.69 Å². The maximum Gasteiger partial charge on any atom is 0.332 e. The zero-order valence-corrected chi connectivity index (χ0v) is 16.4. The predicted octanol–water partition coefficient (Wildman–Crippen LogP) is -1.14. The van der Waals surface area contributed by atoms with Crippen LogP contribution in [0.2, 0.25) is 0 Å². The number of fused-ring (bicyclic) bond motifs is 1. The van der Waals surface area contributed by atoms with E-state index in [0.29, 0.717) is 13.2 Å². The molecule has 0 radical (unpaired) electrons. The summed E-state index contributed by atoms with van der Waals surface area (Å²) >= 11 is 0. The van der Waals surface area contributed by atoms with E-state index < -0.39 is 11.2 Å². The number of aromatic nitrogens is 4. The van der Waals surface area contributed by atoms with Crippen LogP contribution in [-0.2, 0) is 18.8 Å². The van der Waals surface area contributed by atoms with Crippen molar-refractivity contribution < 1.29 is 9.53 Å². The maximum absolute atomic E-state index is 12.9. The van der Waals surface area contributed by atoms with Crippen molar-refractivity contribution in [2.45, 2.75) is 12.1 Å². The minimum atomic E-state index is -0.541. The zero-order valence-electron chi connectivity index (χ0n) is 16.4. The first-order chi connectivity index (χ1) is 14.0. The van der Waals surface area contributed by atoms with Crippen molar-refractivity contribution in [3.05, 3.63) is 51.5 Å². The summed E-state index contributed by atoms with van der Waals surface area (Å²) in [7, 11) is 2.91. The van der Waals surface area contributed by atoms with Crippen molar-refractivity contribution in [3.8, 4) is 0 Å². The third-order valence-electron chi connectivity index (χ3n) is 5.48. The highest BCUT2D eigenvalue weighted by molar-refractivity contribution is 5.89. The van der Waals surface area contributed by atoms with Crippen LogP contribution in [0.3, 0.4) is 0 Å². The van der Waals surface area contributed by atoms with Gasteiger partial charge in [0.15, 0.2) is 11.2 Å². The van der Waals surface area contributed by atoms with Gasteiger partial charge in [0.25, 0.3) is 5.56 Å². The zero-order chi connectivity index (χ0) is 20.5. The number of imidazole rings is 1. The molecule has 4 rings (SSSR count). The Balaban J connectivity index is 1.54. The van der Waals surface area contributed by atoms with Crippen molar-refractivity contribution in [3.63, 3.8) is 0 Å². The summed E-state index contributed by atoms with van der Waals surface area (Å²) in [4.78, 5) is 43.9. The molecule has 0 saturated carbocycles. The van der Waals surface area contributed by atoms with E-state index in [9.17, 15) is 14.4 Å². The molecule has 2 atom stereocenters. The SMILES string of the molecule is Cn1c(=O)c2c(ncn2C(=O)CNC2C=CC=CC2N2CCOCC2)n(C)c1=O. The van der Waals surface area contributed by atoms with Gasteiger partial charge in [-0.05, 0) is 0 Å². The van der Waals surface area contributed by atoms with Crippen molar-refractivity contribution in [2.75, 3.05) is 32.8 Å². The van der Waals surface area contributed by atoms with Crippen LogP contribution < -0.4 is 16.6 Å². The van der Waals surface area contributed by atoms with Crippen LogP contribution in [0.15, 0.2) is 40.2 Å². The van der Waals surface area contributed by atoms with Crippen LogP contribution in [-0.4, -0.2) is 74.4 Å². The lowest BCUT2D eigenvalue weighted by molar-refractivity contribution is 0.0213. The molecule has 10 nitrogen and oxygen atoms in total. The summed E-state index contributed by atoms with van der Waals surface area (Å²) in [5, 5.41) is 3.29. The van der Waals surface area contributed by atoms with Crippen molar-refractivity contribution >= 4 is 17.1 Å². The summed E-state index contributed by atoms with van der Waals surface area (Å²) in [5.74, 6) is -0.313. The average molecular weight is 400 g/mol. The highest BCUT2D eigenvalue weighted by Gasteiger charge is 2.27. The Morgan fingerprint density at radius 1 is 1.17 bits per heavy atom. The second-order valence-electron chi connectivity index (χ2n) is 7.20. The molecule has 1 N–H and O–H groups in total. The molecule has 0 spiro atoms. The molecule has 154 valence electrons. The van der Waals surface area contributed by atoms with Gasteiger partial charge in [0.1, 0.15) is 6.33 Å². The van der Waals surface area contributed by atoms with Crippen LogP contribution >= 0.6 is 0 Å². The number of carbonyl (C=O) groups is 1. The smallest absolute Gasteiger partial charge is 0.332 e. The Labute approximate surface area is 166 Å². The monoisotopic (exact) mass is 400 g/mol. The summed E-state index contributed by atoms with van der Waals surface area (Å²) in [6.07, 6.45) is 9.41. The molecule has 0 aromatic carbocycles. The van der Waals surface area contributed by atoms with E-state index in [2.05, 4.69) is 21.3 Å². The molecule has 3 heterocycles. The second-order valence-corrected chi connectivity index (χ2v) is 7.20. The number of aryl methyl sites for hydroxylation is 1. The van der Waals surface area contributed by atoms with Gasteiger partial charge < -0.3 is 10.1 Å². The Bertz CT molecular complexity index is 1100. The number of hydrogen-bond acceptors (Lipinski definition) is 7. The fourth-order valence-electron chi connectivity index (χ4n) is 3.83. The minimum absolute atomic E-state index is 0.0289. The first-order valence-electron chi connectivity index (χ1n) is 9.55. The normalized spacial score (nSPS) is 22.4. The third kappa shape index (κ3) is 3.50. The molecule has 2 aliphatic rings. The molecule has 0 amide bonds. The minimum Gasteiger partial charge on any atom is -0.379 e. The lowest BCUT2D eigenvalue weighted by atomic mass is 10.0. The number of carbonyl (C=O) groups excluding carboxylic acids is 1. The summed E-state index contributed by atoms with van der Waals surface area (Å²) < 4.78 is 8.88. The number of nitrogens with one attached hydrogen (secondary N) is 1. The molecule has 2 unspecified atom stereocenters. The van der Waals surface area contributed by atoms with E-state index in [1.165, 1.54) is 29.6 Å². The van der Waals surface area contributed by atoms with Crippen molar-refractivity contribution in [2.24, 2.45) is 14.1 Å². The summed E-state index contributed by atoms with van der Waals surface area (Å²) in [6, 6.07) is 0.0916. The van der Waals surface area contributed by atoms with Crippen LogP contribution in [0.25, 0.3) is 11.2 Å². The molecule has 1 saturated heterocycles. The molecule has 10 heteroatoms. The second kappa shape index (κ2) is 7.90. The largest absolute Gasteiger partial charge is 0.379 e.